The Labute approximate surface area is 147 Å². The Morgan fingerprint density at radius 3 is 2.56 bits per heavy atom. The van der Waals surface area contributed by atoms with Crippen LogP contribution in [-0.2, 0) is 17.1 Å². The molecule has 0 aliphatic heterocycles. The predicted octanol–water partition coefficient (Wildman–Crippen LogP) is 1.32. The van der Waals surface area contributed by atoms with Crippen LogP contribution < -0.4 is 10.7 Å². The number of fused-ring (bicyclic) bond motifs is 1. The second-order valence-corrected chi connectivity index (χ2v) is 8.21. The Hall–Kier alpha value is -2.19. The number of aromatic nitrogens is 1. The Bertz CT molecular complexity index is 962. The minimum atomic E-state index is -3.66. The number of hydrogen-bond acceptors (Lipinski definition) is 4. The lowest BCUT2D eigenvalue weighted by Crippen LogP contribution is -2.30. The number of carbonyl (C=O) groups excluding carboxylic acids is 1. The smallest absolute Gasteiger partial charge is 0.256 e. The van der Waals surface area contributed by atoms with Gasteiger partial charge in [-0.3, -0.25) is 9.59 Å². The molecular formula is C17H23N3O4S. The maximum atomic E-state index is 12.7. The van der Waals surface area contributed by atoms with Crippen molar-refractivity contribution in [2.75, 3.05) is 20.6 Å². The van der Waals surface area contributed by atoms with Crippen LogP contribution in [0.2, 0.25) is 0 Å². The molecule has 0 unspecified atom stereocenters. The van der Waals surface area contributed by atoms with Crippen LogP contribution in [0.1, 0.15) is 30.1 Å². The van der Waals surface area contributed by atoms with Crippen LogP contribution in [0, 0.1) is 0 Å². The summed E-state index contributed by atoms with van der Waals surface area (Å²) in [5, 5.41) is 2.92. The molecule has 0 aliphatic rings. The molecule has 0 spiro atoms. The quantitative estimate of drug-likeness (QED) is 0.782. The van der Waals surface area contributed by atoms with Crippen molar-refractivity contribution in [2.45, 2.75) is 24.7 Å². The molecule has 2 rings (SSSR count). The summed E-state index contributed by atoms with van der Waals surface area (Å²) in [6.45, 7) is 2.50. The van der Waals surface area contributed by atoms with Gasteiger partial charge in [0.05, 0.1) is 10.4 Å². The summed E-state index contributed by atoms with van der Waals surface area (Å²) in [6.07, 6.45) is 3.23. The lowest BCUT2D eigenvalue weighted by Gasteiger charge is -2.13. The molecule has 1 N–H and O–H groups in total. The third-order valence-electron chi connectivity index (χ3n) is 4.00. The highest BCUT2D eigenvalue weighted by Gasteiger charge is 2.20. The number of nitrogens with one attached hydrogen (secondary N) is 1. The molecule has 1 heterocycles. The topological polar surface area (TPSA) is 88.5 Å². The number of aryl methyl sites for hydroxylation is 1. The largest absolute Gasteiger partial charge is 0.352 e. The molecule has 1 amide bonds. The minimum Gasteiger partial charge on any atom is -0.352 e. The van der Waals surface area contributed by atoms with E-state index in [0.717, 1.165) is 17.1 Å². The van der Waals surface area contributed by atoms with Crippen LogP contribution >= 0.6 is 0 Å². The fraction of sp³-hybridized carbons (Fsp3) is 0.412. The van der Waals surface area contributed by atoms with Crippen molar-refractivity contribution in [1.82, 2.24) is 14.2 Å². The van der Waals surface area contributed by atoms with Crippen LogP contribution in [0.4, 0.5) is 0 Å². The summed E-state index contributed by atoms with van der Waals surface area (Å²) in [6, 6.07) is 4.36. The molecule has 0 saturated heterocycles. The second-order valence-electron chi connectivity index (χ2n) is 6.06. The second kappa shape index (κ2) is 7.37. The zero-order chi connectivity index (χ0) is 18.8. The van der Waals surface area contributed by atoms with Crippen LogP contribution in [0.15, 0.2) is 34.1 Å². The van der Waals surface area contributed by atoms with Crippen molar-refractivity contribution in [1.29, 1.82) is 0 Å². The minimum absolute atomic E-state index is 0.00510. The lowest BCUT2D eigenvalue weighted by molar-refractivity contribution is 0.0951. The number of pyridine rings is 1. The van der Waals surface area contributed by atoms with Gasteiger partial charge < -0.3 is 9.88 Å². The molecule has 7 nitrogen and oxygen atoms in total. The summed E-state index contributed by atoms with van der Waals surface area (Å²) in [4.78, 5) is 25.0. The maximum Gasteiger partial charge on any atom is 0.256 e. The third-order valence-corrected chi connectivity index (χ3v) is 5.81. The molecule has 0 bridgehead atoms. The average Bonchev–Trinajstić information content (AvgIpc) is 2.57. The average molecular weight is 365 g/mol. The molecule has 136 valence electrons. The number of rotatable bonds is 6. The molecule has 1 aromatic heterocycles. The van der Waals surface area contributed by atoms with Crippen molar-refractivity contribution >= 4 is 26.8 Å². The van der Waals surface area contributed by atoms with Gasteiger partial charge in [0.15, 0.2) is 0 Å². The van der Waals surface area contributed by atoms with Gasteiger partial charge >= 0.3 is 0 Å². The van der Waals surface area contributed by atoms with Crippen molar-refractivity contribution in [3.05, 3.63) is 40.2 Å². The fourth-order valence-electron chi connectivity index (χ4n) is 2.48. The summed E-state index contributed by atoms with van der Waals surface area (Å²) in [5.74, 6) is -0.447. The first-order valence-electron chi connectivity index (χ1n) is 8.04. The van der Waals surface area contributed by atoms with Gasteiger partial charge in [0.25, 0.3) is 5.91 Å². The molecule has 0 saturated carbocycles. The normalized spacial score (nSPS) is 11.9. The van der Waals surface area contributed by atoms with Gasteiger partial charge in [-0.25, -0.2) is 12.7 Å². The molecule has 25 heavy (non-hydrogen) atoms. The van der Waals surface area contributed by atoms with Crippen molar-refractivity contribution in [2.24, 2.45) is 7.05 Å². The summed E-state index contributed by atoms with van der Waals surface area (Å²) in [7, 11) is 0.901. The fourth-order valence-corrected chi connectivity index (χ4v) is 3.41. The SMILES string of the molecule is CCCCNC(=O)c1cn(C)c2ccc(S(=O)(=O)N(C)C)cc2c1=O. The zero-order valence-electron chi connectivity index (χ0n) is 14.9. The number of benzene rings is 1. The zero-order valence-corrected chi connectivity index (χ0v) is 15.7. The van der Waals surface area contributed by atoms with E-state index in [1.54, 1.807) is 17.7 Å². The molecule has 2 aromatic rings. The molecular weight excluding hydrogens is 342 g/mol. The number of nitrogens with zero attached hydrogens (tertiary/aromatic N) is 2. The highest BCUT2D eigenvalue weighted by molar-refractivity contribution is 7.89. The first-order chi connectivity index (χ1) is 11.7. The number of unbranched alkanes of at least 4 members (excludes halogenated alkanes) is 1. The maximum absolute atomic E-state index is 12.7. The van der Waals surface area contributed by atoms with E-state index in [1.807, 2.05) is 6.92 Å². The third kappa shape index (κ3) is 3.74. The predicted molar refractivity (Wildman–Crippen MR) is 97.3 cm³/mol. The van der Waals surface area contributed by atoms with Crippen LogP contribution in [-0.4, -0.2) is 43.8 Å². The molecule has 0 fully saturated rings. The van der Waals surface area contributed by atoms with E-state index < -0.39 is 21.4 Å². The Balaban J connectivity index is 2.60. The summed E-state index contributed by atoms with van der Waals surface area (Å²) >= 11 is 0. The van der Waals surface area contributed by atoms with Crippen molar-refractivity contribution in [3.8, 4) is 0 Å². The van der Waals surface area contributed by atoms with E-state index in [0.29, 0.717) is 12.1 Å². The highest BCUT2D eigenvalue weighted by atomic mass is 32.2. The van der Waals surface area contributed by atoms with Crippen LogP contribution in [0.5, 0.6) is 0 Å². The van der Waals surface area contributed by atoms with Gasteiger partial charge in [0.1, 0.15) is 5.56 Å². The van der Waals surface area contributed by atoms with E-state index in [1.165, 1.54) is 32.4 Å². The monoisotopic (exact) mass is 365 g/mol. The van der Waals surface area contributed by atoms with Crippen LogP contribution in [0.3, 0.4) is 0 Å². The van der Waals surface area contributed by atoms with E-state index in [2.05, 4.69) is 5.32 Å². The van der Waals surface area contributed by atoms with E-state index in [-0.39, 0.29) is 15.8 Å². The summed E-state index contributed by atoms with van der Waals surface area (Å²) in [5.41, 5.74) is 0.0937. The number of sulfonamides is 1. The Kier molecular flexibility index (Phi) is 5.64. The first-order valence-corrected chi connectivity index (χ1v) is 9.48. The Morgan fingerprint density at radius 2 is 1.96 bits per heavy atom. The highest BCUT2D eigenvalue weighted by Crippen LogP contribution is 2.19. The molecule has 8 heteroatoms. The van der Waals surface area contributed by atoms with Crippen molar-refractivity contribution in [3.63, 3.8) is 0 Å². The van der Waals surface area contributed by atoms with Gasteiger partial charge in [0.2, 0.25) is 15.5 Å². The number of carbonyl (C=O) groups is 1. The van der Waals surface area contributed by atoms with Gasteiger partial charge in [-0.2, -0.15) is 0 Å². The van der Waals surface area contributed by atoms with Gasteiger partial charge in [-0.05, 0) is 24.6 Å². The lowest BCUT2D eigenvalue weighted by atomic mass is 10.1. The van der Waals surface area contributed by atoms with Gasteiger partial charge in [-0.1, -0.05) is 13.3 Å². The standard InChI is InChI=1S/C17H23N3O4S/c1-5-6-9-18-17(22)14-11-20(4)15-8-7-12(10-13(15)16(14)21)25(23,24)19(2)3/h7-8,10-11H,5-6,9H2,1-4H3,(H,18,22). The molecule has 0 atom stereocenters. The number of hydrogen-bond donors (Lipinski definition) is 1. The molecule has 1 aromatic carbocycles. The van der Waals surface area contributed by atoms with E-state index in [9.17, 15) is 18.0 Å². The first kappa shape index (κ1) is 19.1. The van der Waals surface area contributed by atoms with Crippen LogP contribution in [0.25, 0.3) is 10.9 Å². The van der Waals surface area contributed by atoms with Crippen molar-refractivity contribution < 1.29 is 13.2 Å². The van der Waals surface area contributed by atoms with E-state index in [4.69, 9.17) is 0 Å². The van der Waals surface area contributed by atoms with Gasteiger partial charge in [0, 0.05) is 39.3 Å². The molecule has 0 aliphatic carbocycles. The Morgan fingerprint density at radius 1 is 1.28 bits per heavy atom. The van der Waals surface area contributed by atoms with E-state index >= 15 is 0 Å². The summed E-state index contributed by atoms with van der Waals surface area (Å²) < 4.78 is 27.3. The van der Waals surface area contributed by atoms with Gasteiger partial charge in [-0.15, -0.1) is 0 Å². The number of amides is 1. The molecule has 0 radical (unpaired) electrons.